The molecule has 0 saturated heterocycles. The lowest BCUT2D eigenvalue weighted by molar-refractivity contribution is 0.200. The molecule has 1 atom stereocenters. The van der Waals surface area contributed by atoms with Crippen LogP contribution in [0.4, 0.5) is 5.69 Å². The molecule has 2 N–H and O–H groups in total. The van der Waals surface area contributed by atoms with Gasteiger partial charge < -0.3 is 10.1 Å². The lowest BCUT2D eigenvalue weighted by atomic mass is 10.1. The van der Waals surface area contributed by atoms with E-state index in [1.54, 1.807) is 18.2 Å². The largest absolute Gasteiger partial charge is 0.497 e. The van der Waals surface area contributed by atoms with Crippen LogP contribution in [-0.2, 0) is 14.6 Å². The van der Waals surface area contributed by atoms with Crippen molar-refractivity contribution in [3.8, 4) is 5.75 Å². The molecule has 2 rings (SSSR count). The topological polar surface area (TPSA) is 84.9 Å². The Labute approximate surface area is 93.1 Å². The number of hydrogen-bond donors (Lipinski definition) is 2. The van der Waals surface area contributed by atoms with Gasteiger partial charge in [0.2, 0.25) is 0 Å². The van der Waals surface area contributed by atoms with Crippen molar-refractivity contribution in [1.82, 2.24) is 0 Å². The molecule has 1 aliphatic rings. The van der Waals surface area contributed by atoms with Crippen molar-refractivity contribution in [2.45, 2.75) is 6.10 Å². The first kappa shape index (κ1) is 11.2. The minimum Gasteiger partial charge on any atom is -0.497 e. The zero-order valence-corrected chi connectivity index (χ0v) is 9.32. The first-order valence-electron chi connectivity index (χ1n) is 4.57. The maximum absolute atomic E-state index is 10.6. The summed E-state index contributed by atoms with van der Waals surface area (Å²) in [5, 5.41) is 2.97. The first-order valence-corrected chi connectivity index (χ1v) is 5.93. The van der Waals surface area contributed by atoms with E-state index in [9.17, 15) is 8.42 Å². The van der Waals surface area contributed by atoms with Crippen LogP contribution in [0.2, 0.25) is 0 Å². The van der Waals surface area contributed by atoms with Crippen molar-refractivity contribution in [2.75, 3.05) is 19.0 Å². The van der Waals surface area contributed by atoms with Crippen LogP contribution in [0.15, 0.2) is 18.2 Å². The number of nitrogens with one attached hydrogen (secondary N) is 1. The third-order valence-electron chi connectivity index (χ3n) is 2.32. The Kier molecular flexibility index (Phi) is 2.75. The van der Waals surface area contributed by atoms with Crippen LogP contribution in [0.3, 0.4) is 0 Å². The van der Waals surface area contributed by atoms with Gasteiger partial charge in [0.1, 0.15) is 11.9 Å². The van der Waals surface area contributed by atoms with E-state index in [0.29, 0.717) is 17.9 Å². The number of ether oxygens (including phenoxy) is 1. The summed E-state index contributed by atoms with van der Waals surface area (Å²) in [5.41, 5.74) is 1.42. The van der Waals surface area contributed by atoms with Crippen LogP contribution in [0.5, 0.6) is 5.75 Å². The van der Waals surface area contributed by atoms with E-state index >= 15 is 0 Å². The number of methoxy groups -OCH3 is 1. The summed E-state index contributed by atoms with van der Waals surface area (Å²) in [7, 11) is -2.93. The summed E-state index contributed by atoms with van der Waals surface area (Å²) in [6.07, 6.45) is -0.722. The molecule has 16 heavy (non-hydrogen) atoms. The van der Waals surface area contributed by atoms with Crippen molar-refractivity contribution >= 4 is 16.1 Å². The van der Waals surface area contributed by atoms with E-state index in [1.807, 2.05) is 0 Å². The molecule has 1 aliphatic heterocycles. The van der Waals surface area contributed by atoms with E-state index in [1.165, 1.54) is 7.11 Å². The summed E-state index contributed by atoms with van der Waals surface area (Å²) in [6, 6.07) is 5.19. The Morgan fingerprint density at radius 3 is 2.88 bits per heavy atom. The van der Waals surface area contributed by atoms with Crippen molar-refractivity contribution in [3.63, 3.8) is 0 Å². The molecule has 0 fully saturated rings. The van der Waals surface area contributed by atoms with Crippen molar-refractivity contribution in [1.29, 1.82) is 0 Å². The van der Waals surface area contributed by atoms with Crippen molar-refractivity contribution < 1.29 is 21.9 Å². The fourth-order valence-electron chi connectivity index (χ4n) is 1.64. The third-order valence-corrected chi connectivity index (χ3v) is 2.80. The Balaban J connectivity index is 2.31. The second-order valence-corrected chi connectivity index (χ2v) is 4.39. The molecule has 0 spiro atoms. The number of fused-ring (bicyclic) bond motifs is 1. The first-order chi connectivity index (χ1) is 7.49. The summed E-state index contributed by atoms with van der Waals surface area (Å²) in [4.78, 5) is 0. The summed E-state index contributed by atoms with van der Waals surface area (Å²) < 4.78 is 39.4. The number of rotatable bonds is 3. The molecule has 0 radical (unpaired) electrons. The zero-order valence-electron chi connectivity index (χ0n) is 8.50. The van der Waals surface area contributed by atoms with Crippen molar-refractivity contribution in [2.24, 2.45) is 0 Å². The predicted octanol–water partition coefficient (Wildman–Crippen LogP) is 0.981. The minimum absolute atomic E-state index is 0.294. The molecule has 0 saturated carbocycles. The molecule has 1 unspecified atom stereocenters. The van der Waals surface area contributed by atoms with Crippen LogP contribution in [0.25, 0.3) is 0 Å². The fourth-order valence-corrected chi connectivity index (χ4v) is 2.11. The van der Waals surface area contributed by atoms with Crippen LogP contribution in [0, 0.1) is 0 Å². The van der Waals surface area contributed by atoms with E-state index in [4.69, 9.17) is 9.29 Å². The highest BCUT2D eigenvalue weighted by Gasteiger charge is 2.27. The summed E-state index contributed by atoms with van der Waals surface area (Å²) in [6.45, 7) is 0.294. The van der Waals surface area contributed by atoms with Gasteiger partial charge in [-0.1, -0.05) is 0 Å². The zero-order chi connectivity index (χ0) is 11.8. The highest BCUT2D eigenvalue weighted by atomic mass is 32.3. The molecule has 0 aliphatic carbocycles. The Morgan fingerprint density at radius 1 is 1.50 bits per heavy atom. The molecular weight excluding hydrogens is 234 g/mol. The number of hydrogen-bond acceptors (Lipinski definition) is 5. The number of benzene rings is 1. The molecule has 6 nitrogen and oxygen atoms in total. The number of anilines is 1. The predicted molar refractivity (Wildman–Crippen MR) is 56.9 cm³/mol. The summed E-state index contributed by atoms with van der Waals surface area (Å²) in [5.74, 6) is 0.603. The quantitative estimate of drug-likeness (QED) is 0.772. The Bertz CT molecular complexity index is 499. The maximum atomic E-state index is 10.6. The van der Waals surface area contributed by atoms with Gasteiger partial charge >= 0.3 is 10.4 Å². The lowest BCUT2D eigenvalue weighted by Crippen LogP contribution is -2.12. The second kappa shape index (κ2) is 3.93. The van der Waals surface area contributed by atoms with Crippen LogP contribution in [0.1, 0.15) is 11.7 Å². The standard InChI is InChI=1S/C9H11NO5S/c1-14-6-2-3-8-7(4-6)9(5-10-8)15-16(11,12)13/h2-4,9-10H,5H2,1H3,(H,11,12,13). The summed E-state index contributed by atoms with van der Waals surface area (Å²) >= 11 is 0. The molecule has 88 valence electrons. The van der Waals surface area contributed by atoms with E-state index in [-0.39, 0.29) is 0 Å². The Hall–Kier alpha value is -1.31. The molecule has 1 heterocycles. The van der Waals surface area contributed by atoms with Gasteiger partial charge in [-0.25, -0.2) is 4.18 Å². The van der Waals surface area contributed by atoms with Gasteiger partial charge in [0, 0.05) is 17.8 Å². The highest BCUT2D eigenvalue weighted by Crippen LogP contribution is 2.35. The fraction of sp³-hybridized carbons (Fsp3) is 0.333. The van der Waals surface area contributed by atoms with E-state index < -0.39 is 16.5 Å². The molecule has 1 aromatic carbocycles. The second-order valence-electron chi connectivity index (χ2n) is 3.35. The van der Waals surface area contributed by atoms with Crippen LogP contribution >= 0.6 is 0 Å². The SMILES string of the molecule is COc1ccc2c(c1)C(OS(=O)(=O)O)CN2. The lowest BCUT2D eigenvalue weighted by Gasteiger charge is -2.09. The maximum Gasteiger partial charge on any atom is 0.398 e. The molecule has 7 heteroatoms. The molecule has 0 bridgehead atoms. The van der Waals surface area contributed by atoms with Crippen molar-refractivity contribution in [3.05, 3.63) is 23.8 Å². The van der Waals surface area contributed by atoms with Crippen LogP contribution < -0.4 is 10.1 Å². The minimum atomic E-state index is -4.45. The van der Waals surface area contributed by atoms with Gasteiger partial charge in [-0.05, 0) is 18.2 Å². The highest BCUT2D eigenvalue weighted by molar-refractivity contribution is 7.80. The average Bonchev–Trinajstić information content (AvgIpc) is 2.58. The van der Waals surface area contributed by atoms with Gasteiger partial charge in [0.25, 0.3) is 0 Å². The van der Waals surface area contributed by atoms with Gasteiger partial charge in [0.05, 0.1) is 7.11 Å². The van der Waals surface area contributed by atoms with E-state index in [2.05, 4.69) is 9.50 Å². The van der Waals surface area contributed by atoms with Gasteiger partial charge in [-0.2, -0.15) is 8.42 Å². The Morgan fingerprint density at radius 2 is 2.25 bits per heavy atom. The third kappa shape index (κ3) is 2.26. The molecular formula is C9H11NO5S. The smallest absolute Gasteiger partial charge is 0.398 e. The van der Waals surface area contributed by atoms with Gasteiger partial charge in [-0.15, -0.1) is 0 Å². The van der Waals surface area contributed by atoms with E-state index in [0.717, 1.165) is 5.69 Å². The van der Waals surface area contributed by atoms with Gasteiger partial charge in [-0.3, -0.25) is 4.55 Å². The molecule has 0 aromatic heterocycles. The normalized spacial score (nSPS) is 19.0. The van der Waals surface area contributed by atoms with Gasteiger partial charge in [0.15, 0.2) is 0 Å². The molecule has 1 aromatic rings. The average molecular weight is 245 g/mol. The van der Waals surface area contributed by atoms with Crippen LogP contribution in [-0.4, -0.2) is 26.6 Å². The molecule has 0 amide bonds. The monoisotopic (exact) mass is 245 g/mol.